The Kier molecular flexibility index (Phi) is 20.4. The molecular formula is C57H74N10O8. The minimum atomic E-state index is -0.602. The van der Waals surface area contributed by atoms with Crippen LogP contribution in [-0.2, 0) is 35.5 Å². The quantitative estimate of drug-likeness (QED) is 0.0284. The van der Waals surface area contributed by atoms with Crippen molar-refractivity contribution in [3.63, 3.8) is 0 Å². The third-order valence-corrected chi connectivity index (χ3v) is 12.7. The summed E-state index contributed by atoms with van der Waals surface area (Å²) in [6.45, 7) is 19.3. The zero-order valence-electron chi connectivity index (χ0n) is 44.5. The number of hydrogen-bond acceptors (Lipinski definition) is 14. The Hall–Kier alpha value is -7.70. The van der Waals surface area contributed by atoms with Gasteiger partial charge in [0.1, 0.15) is 0 Å². The molecule has 0 spiro atoms. The van der Waals surface area contributed by atoms with Crippen molar-refractivity contribution in [1.29, 1.82) is 0 Å². The summed E-state index contributed by atoms with van der Waals surface area (Å²) in [4.78, 5) is 58.8. The Morgan fingerprint density at radius 1 is 0.653 bits per heavy atom. The standard InChI is InChI=1S/C29H39N5O4.C28H35N5O4/c1-6-19-18(15-33-29(36)22(30)12-17(4)5)10-9-11-23(19)34-27-20-13-25(37-7-2)26(38-8-3)14-24(20)32-16-21(27)28(31)35;1-4-18-17(15-32-28(35)22-11-8-12-30-22)9-7-10-21(18)33-26-19-13-24(36-5-2)25(37-6-3)14-23(19)31-16-20(26)27(29)34/h9-11,13-14,16-17,22H,6-8,12,15,30H2,1-5H3,(H2,31,35)(H,32,34)(H,33,36);7,9-10,13-14,16,22,30H,4-6,8,11-12,15H2,1-3H3,(H2,29,34)(H,31,33)(H,32,35)/t2*22-/m01/s1. The van der Waals surface area contributed by atoms with Crippen molar-refractivity contribution in [2.24, 2.45) is 23.1 Å². The van der Waals surface area contributed by atoms with Crippen LogP contribution in [0.25, 0.3) is 21.8 Å². The molecule has 0 saturated carbocycles. The van der Waals surface area contributed by atoms with Crippen LogP contribution in [0.5, 0.6) is 23.0 Å². The van der Waals surface area contributed by atoms with Gasteiger partial charge in [-0.25, -0.2) is 0 Å². The average Bonchev–Trinajstić information content (AvgIpc) is 3.94. The second kappa shape index (κ2) is 27.0. The lowest BCUT2D eigenvalue weighted by atomic mass is 10.0. The van der Waals surface area contributed by atoms with Crippen LogP contribution >= 0.6 is 0 Å². The number of hydrogen-bond donors (Lipinski definition) is 8. The molecule has 18 heteroatoms. The molecule has 3 heterocycles. The highest BCUT2D eigenvalue weighted by atomic mass is 16.5. The number of anilines is 4. The van der Waals surface area contributed by atoms with Crippen molar-refractivity contribution in [3.8, 4) is 23.0 Å². The van der Waals surface area contributed by atoms with Gasteiger partial charge in [-0.2, -0.15) is 0 Å². The van der Waals surface area contributed by atoms with E-state index in [1.54, 1.807) is 6.07 Å². The molecule has 4 amide bonds. The highest BCUT2D eigenvalue weighted by Crippen LogP contribution is 2.40. The second-order valence-corrected chi connectivity index (χ2v) is 18.4. The van der Waals surface area contributed by atoms with Crippen molar-refractivity contribution >= 4 is 68.2 Å². The van der Waals surface area contributed by atoms with Gasteiger partial charge in [0.2, 0.25) is 11.8 Å². The van der Waals surface area contributed by atoms with Gasteiger partial charge >= 0.3 is 0 Å². The molecule has 4 aromatic carbocycles. The maximum Gasteiger partial charge on any atom is 0.252 e. The van der Waals surface area contributed by atoms with Gasteiger partial charge in [0.15, 0.2) is 23.0 Å². The number of carbonyl (C=O) groups is 4. The normalized spacial score (nSPS) is 13.4. The Morgan fingerprint density at radius 2 is 1.09 bits per heavy atom. The second-order valence-electron chi connectivity index (χ2n) is 18.4. The van der Waals surface area contributed by atoms with E-state index in [4.69, 9.17) is 36.1 Å². The van der Waals surface area contributed by atoms with Crippen LogP contribution in [0, 0.1) is 5.92 Å². The van der Waals surface area contributed by atoms with Gasteiger partial charge in [0, 0.05) is 59.8 Å². The summed E-state index contributed by atoms with van der Waals surface area (Å²) in [5.41, 5.74) is 26.0. The summed E-state index contributed by atoms with van der Waals surface area (Å²) >= 11 is 0. The maximum atomic E-state index is 12.5. The lowest BCUT2D eigenvalue weighted by Crippen LogP contribution is -2.41. The van der Waals surface area contributed by atoms with Crippen molar-refractivity contribution < 1.29 is 38.1 Å². The molecule has 2 atom stereocenters. The van der Waals surface area contributed by atoms with E-state index in [1.807, 2.05) is 103 Å². The summed E-state index contributed by atoms with van der Waals surface area (Å²) in [5, 5.41) is 17.5. The van der Waals surface area contributed by atoms with Gasteiger partial charge in [-0.15, -0.1) is 0 Å². The molecule has 1 aliphatic rings. The number of pyridine rings is 2. The number of carbonyl (C=O) groups excluding carboxylic acids is 4. The lowest BCUT2D eigenvalue weighted by molar-refractivity contribution is -0.123. The smallest absolute Gasteiger partial charge is 0.252 e. The van der Waals surface area contributed by atoms with Crippen molar-refractivity contribution in [2.75, 3.05) is 43.6 Å². The zero-order chi connectivity index (χ0) is 54.2. The number of fused-ring (bicyclic) bond motifs is 2. The summed E-state index contributed by atoms with van der Waals surface area (Å²) in [6, 6.07) is 18.3. The maximum absolute atomic E-state index is 12.5. The SMILES string of the molecule is CCOc1cc2ncc(C(N)=O)c(Nc3cccc(CNC(=O)[C@@H](N)CC(C)C)c3CC)c2cc1OCC.CCOc1cc2ncc(C(N)=O)c(Nc3cccc(CNC(=O)[C@H]4CCCN4)c3CC)c2cc1OCC. The summed E-state index contributed by atoms with van der Waals surface area (Å²) in [5.74, 6) is 1.27. The van der Waals surface area contributed by atoms with E-state index in [9.17, 15) is 19.2 Å². The van der Waals surface area contributed by atoms with Crippen LogP contribution in [0.1, 0.15) is 118 Å². The van der Waals surface area contributed by atoms with E-state index in [0.29, 0.717) is 114 Å². The minimum absolute atomic E-state index is 0.0163. The van der Waals surface area contributed by atoms with Crippen LogP contribution < -0.4 is 62.7 Å². The first-order valence-corrected chi connectivity index (χ1v) is 26.0. The van der Waals surface area contributed by atoms with Crippen molar-refractivity contribution in [2.45, 2.75) is 113 Å². The number of benzene rings is 4. The van der Waals surface area contributed by atoms with Gasteiger partial charge in [-0.05, 0) is 119 Å². The molecule has 2 aromatic heterocycles. The number of primary amides is 2. The minimum Gasteiger partial charge on any atom is -0.490 e. The largest absolute Gasteiger partial charge is 0.490 e. The fourth-order valence-corrected chi connectivity index (χ4v) is 9.20. The van der Waals surface area contributed by atoms with Crippen LogP contribution in [0.15, 0.2) is 73.1 Å². The number of nitrogens with one attached hydrogen (secondary N) is 5. The molecule has 0 radical (unpaired) electrons. The molecule has 11 N–H and O–H groups in total. The molecule has 1 aliphatic heterocycles. The summed E-state index contributed by atoms with van der Waals surface area (Å²) < 4.78 is 23.1. The van der Waals surface area contributed by atoms with Crippen LogP contribution in [0.2, 0.25) is 0 Å². The van der Waals surface area contributed by atoms with Gasteiger partial charge in [0.25, 0.3) is 11.8 Å². The van der Waals surface area contributed by atoms with Crippen LogP contribution in [0.4, 0.5) is 22.7 Å². The van der Waals surface area contributed by atoms with Gasteiger partial charge in [-0.1, -0.05) is 52.0 Å². The number of nitrogens with zero attached hydrogens (tertiary/aromatic N) is 2. The predicted molar refractivity (Wildman–Crippen MR) is 296 cm³/mol. The van der Waals surface area contributed by atoms with Crippen LogP contribution in [-0.4, -0.2) is 78.7 Å². The number of nitrogens with two attached hydrogens (primary N) is 3. The van der Waals surface area contributed by atoms with Crippen molar-refractivity contribution in [3.05, 3.63) is 106 Å². The van der Waals surface area contributed by atoms with E-state index in [0.717, 1.165) is 59.4 Å². The molecule has 400 valence electrons. The third kappa shape index (κ3) is 14.1. The van der Waals surface area contributed by atoms with E-state index in [-0.39, 0.29) is 29.0 Å². The number of amides is 4. The predicted octanol–water partition coefficient (Wildman–Crippen LogP) is 8.23. The first-order valence-electron chi connectivity index (χ1n) is 26.0. The topological polar surface area (TPSA) is 269 Å². The molecular weight excluding hydrogens is 953 g/mol. The molecule has 75 heavy (non-hydrogen) atoms. The monoisotopic (exact) mass is 1030 g/mol. The fourth-order valence-electron chi connectivity index (χ4n) is 9.20. The highest BCUT2D eigenvalue weighted by molar-refractivity contribution is 6.09. The van der Waals surface area contributed by atoms with E-state index < -0.39 is 17.9 Å². The molecule has 0 aliphatic carbocycles. The highest BCUT2D eigenvalue weighted by Gasteiger charge is 2.24. The van der Waals surface area contributed by atoms with Crippen LogP contribution in [0.3, 0.4) is 0 Å². The molecule has 0 unspecified atom stereocenters. The number of ether oxygens (including phenoxy) is 4. The zero-order valence-corrected chi connectivity index (χ0v) is 44.5. The van der Waals surface area contributed by atoms with Gasteiger partial charge in [-0.3, -0.25) is 29.1 Å². The molecule has 18 nitrogen and oxygen atoms in total. The Balaban J connectivity index is 0.000000244. The Morgan fingerprint density at radius 3 is 1.48 bits per heavy atom. The van der Waals surface area contributed by atoms with E-state index in [1.165, 1.54) is 12.4 Å². The third-order valence-electron chi connectivity index (χ3n) is 12.7. The van der Waals surface area contributed by atoms with Crippen molar-refractivity contribution in [1.82, 2.24) is 25.9 Å². The Bertz CT molecular complexity index is 2980. The van der Waals surface area contributed by atoms with Gasteiger partial charge < -0.3 is 62.7 Å². The number of rotatable bonds is 24. The molecule has 6 aromatic rings. The fraction of sp³-hybridized carbons (Fsp3) is 0.404. The average molecular weight is 1030 g/mol. The Labute approximate surface area is 439 Å². The van der Waals surface area contributed by atoms with E-state index >= 15 is 0 Å². The number of aromatic nitrogens is 2. The molecule has 7 rings (SSSR count). The summed E-state index contributed by atoms with van der Waals surface area (Å²) in [6.07, 6.45) is 6.85. The van der Waals surface area contributed by atoms with Gasteiger partial charge in [0.05, 0.1) is 72.0 Å². The molecule has 1 fully saturated rings. The molecule has 1 saturated heterocycles. The molecule has 0 bridgehead atoms. The summed E-state index contributed by atoms with van der Waals surface area (Å²) in [7, 11) is 0. The van der Waals surface area contributed by atoms with E-state index in [2.05, 4.69) is 43.5 Å². The first kappa shape index (κ1) is 56.6. The lowest BCUT2D eigenvalue weighted by Gasteiger charge is -2.20. The first-order chi connectivity index (χ1) is 36.2.